The van der Waals surface area contributed by atoms with Gasteiger partial charge in [-0.2, -0.15) is 0 Å². The first-order valence-corrected chi connectivity index (χ1v) is 8.82. The molecule has 0 aliphatic heterocycles. The largest absolute Gasteiger partial charge is 0.476 e. The number of aromatic nitrogens is 3. The van der Waals surface area contributed by atoms with Gasteiger partial charge < -0.3 is 15.2 Å². The Morgan fingerprint density at radius 3 is 2.64 bits per heavy atom. The lowest BCUT2D eigenvalue weighted by Gasteiger charge is -2.22. The molecule has 28 heavy (non-hydrogen) atoms. The average Bonchev–Trinajstić information content (AvgIpc) is 3.07. The van der Waals surface area contributed by atoms with Gasteiger partial charge in [-0.25, -0.2) is 19.1 Å². The summed E-state index contributed by atoms with van der Waals surface area (Å²) < 4.78 is 6.77. The lowest BCUT2D eigenvalue weighted by Crippen LogP contribution is -2.34. The van der Waals surface area contributed by atoms with Crippen molar-refractivity contribution in [2.45, 2.75) is 39.3 Å². The number of carbonyl (C=O) groups excluding carboxylic acids is 1. The number of aromatic carboxylic acids is 1. The summed E-state index contributed by atoms with van der Waals surface area (Å²) in [6, 6.07) is 10.3. The third kappa shape index (κ3) is 4.28. The van der Waals surface area contributed by atoms with Gasteiger partial charge in [-0.1, -0.05) is 18.2 Å². The Bertz CT molecular complexity index is 1040. The topological polar surface area (TPSA) is 106 Å². The number of carboxylic acids is 1. The standard InChI is InChI=1S/C20H22N4O4/c1-12(21-19(27)28-20(2,3)4)13-7-5-8-14(11-13)17-22-16(18(25)26)15-9-6-10-24(15)23-17/h5-12H,1-4H3,(H,21,27)(H,25,26)/t12-/m0/s1. The number of hydrogen-bond donors (Lipinski definition) is 2. The van der Waals surface area contributed by atoms with Crippen molar-refractivity contribution in [2.75, 3.05) is 0 Å². The molecule has 2 aromatic heterocycles. The van der Waals surface area contributed by atoms with Crippen LogP contribution in [0.1, 0.15) is 49.8 Å². The first-order chi connectivity index (χ1) is 13.1. The number of carboxylic acid groups (broad SMARTS) is 1. The second-order valence-electron chi connectivity index (χ2n) is 7.42. The molecular formula is C20H22N4O4. The van der Waals surface area contributed by atoms with Gasteiger partial charge in [0.15, 0.2) is 11.5 Å². The van der Waals surface area contributed by atoms with Crippen molar-refractivity contribution in [1.82, 2.24) is 19.9 Å². The molecule has 0 aliphatic carbocycles. The molecule has 8 nitrogen and oxygen atoms in total. The Balaban J connectivity index is 1.90. The first kappa shape index (κ1) is 19.3. The van der Waals surface area contributed by atoms with Gasteiger partial charge >= 0.3 is 12.1 Å². The Kier molecular flexibility index (Phi) is 5.04. The van der Waals surface area contributed by atoms with Gasteiger partial charge in [-0.15, -0.1) is 5.10 Å². The van der Waals surface area contributed by atoms with Gasteiger partial charge in [0.2, 0.25) is 0 Å². The van der Waals surface area contributed by atoms with E-state index in [0.717, 1.165) is 5.56 Å². The number of amides is 1. The van der Waals surface area contributed by atoms with Crippen LogP contribution in [0.4, 0.5) is 4.79 Å². The zero-order chi connectivity index (χ0) is 20.5. The Labute approximate surface area is 162 Å². The van der Waals surface area contributed by atoms with Crippen LogP contribution in [-0.4, -0.2) is 37.4 Å². The minimum atomic E-state index is -1.12. The zero-order valence-corrected chi connectivity index (χ0v) is 16.1. The number of hydrogen-bond acceptors (Lipinski definition) is 5. The number of benzene rings is 1. The van der Waals surface area contributed by atoms with Crippen molar-refractivity contribution in [3.8, 4) is 11.4 Å². The van der Waals surface area contributed by atoms with E-state index in [4.69, 9.17) is 4.74 Å². The maximum atomic E-state index is 12.0. The van der Waals surface area contributed by atoms with Crippen LogP contribution in [0.5, 0.6) is 0 Å². The predicted molar refractivity (Wildman–Crippen MR) is 103 cm³/mol. The van der Waals surface area contributed by atoms with Crippen molar-refractivity contribution >= 4 is 17.6 Å². The zero-order valence-electron chi connectivity index (χ0n) is 16.1. The van der Waals surface area contributed by atoms with E-state index in [0.29, 0.717) is 11.1 Å². The normalized spacial score (nSPS) is 12.6. The van der Waals surface area contributed by atoms with Gasteiger partial charge in [0.1, 0.15) is 5.60 Å². The van der Waals surface area contributed by atoms with E-state index in [1.807, 2.05) is 25.1 Å². The summed E-state index contributed by atoms with van der Waals surface area (Å²) >= 11 is 0. The van der Waals surface area contributed by atoms with Crippen LogP contribution in [-0.2, 0) is 4.74 Å². The fourth-order valence-corrected chi connectivity index (χ4v) is 2.73. The summed E-state index contributed by atoms with van der Waals surface area (Å²) in [4.78, 5) is 27.8. The molecule has 8 heteroatoms. The smallest absolute Gasteiger partial charge is 0.408 e. The Morgan fingerprint density at radius 1 is 1.21 bits per heavy atom. The summed E-state index contributed by atoms with van der Waals surface area (Å²) in [5.41, 5.74) is 1.23. The van der Waals surface area contributed by atoms with Crippen LogP contribution in [0.2, 0.25) is 0 Å². The molecule has 3 aromatic rings. The van der Waals surface area contributed by atoms with Gasteiger partial charge in [0.05, 0.1) is 11.6 Å². The highest BCUT2D eigenvalue weighted by atomic mass is 16.6. The fraction of sp³-hybridized carbons (Fsp3) is 0.300. The van der Waals surface area contributed by atoms with Crippen LogP contribution in [0.15, 0.2) is 42.6 Å². The number of nitrogens with zero attached hydrogens (tertiary/aromatic N) is 3. The van der Waals surface area contributed by atoms with Crippen molar-refractivity contribution < 1.29 is 19.4 Å². The van der Waals surface area contributed by atoms with Gasteiger partial charge in [0, 0.05) is 11.8 Å². The number of fused-ring (bicyclic) bond motifs is 1. The van der Waals surface area contributed by atoms with Crippen molar-refractivity contribution in [2.24, 2.45) is 0 Å². The molecule has 2 heterocycles. The van der Waals surface area contributed by atoms with Crippen LogP contribution in [0, 0.1) is 0 Å². The molecule has 1 amide bonds. The maximum Gasteiger partial charge on any atom is 0.408 e. The molecule has 3 rings (SSSR count). The van der Waals surface area contributed by atoms with Crippen molar-refractivity contribution in [1.29, 1.82) is 0 Å². The van der Waals surface area contributed by atoms with Crippen LogP contribution < -0.4 is 5.32 Å². The molecule has 1 atom stereocenters. The average molecular weight is 382 g/mol. The number of ether oxygens (including phenoxy) is 1. The SMILES string of the molecule is C[C@H](NC(=O)OC(C)(C)C)c1cccc(-c2nc(C(=O)O)c3cccn3n2)c1. The highest BCUT2D eigenvalue weighted by Gasteiger charge is 2.19. The highest BCUT2D eigenvalue weighted by molar-refractivity contribution is 5.93. The molecule has 1 aromatic carbocycles. The minimum absolute atomic E-state index is 0.0691. The molecule has 0 radical (unpaired) electrons. The van der Waals surface area contributed by atoms with E-state index in [9.17, 15) is 14.7 Å². The van der Waals surface area contributed by atoms with Gasteiger partial charge in [0.25, 0.3) is 0 Å². The first-order valence-electron chi connectivity index (χ1n) is 8.82. The highest BCUT2D eigenvalue weighted by Crippen LogP contribution is 2.22. The minimum Gasteiger partial charge on any atom is -0.476 e. The summed E-state index contributed by atoms with van der Waals surface area (Å²) in [6.07, 6.45) is 1.16. The van der Waals surface area contributed by atoms with Crippen molar-refractivity contribution in [3.05, 3.63) is 53.9 Å². The fourth-order valence-electron chi connectivity index (χ4n) is 2.73. The molecule has 146 valence electrons. The molecule has 0 unspecified atom stereocenters. The van der Waals surface area contributed by atoms with Gasteiger partial charge in [-0.05, 0) is 51.5 Å². The second-order valence-corrected chi connectivity index (χ2v) is 7.42. The number of alkyl carbamates (subject to hydrolysis) is 1. The molecule has 0 spiro atoms. The van der Waals surface area contributed by atoms with E-state index in [1.165, 1.54) is 4.52 Å². The predicted octanol–water partition coefficient (Wildman–Crippen LogP) is 3.68. The molecule has 0 fully saturated rings. The summed E-state index contributed by atoms with van der Waals surface area (Å²) in [5.74, 6) is -0.837. The third-order valence-corrected chi connectivity index (χ3v) is 3.97. The van der Waals surface area contributed by atoms with E-state index in [-0.39, 0.29) is 17.6 Å². The molecule has 0 saturated heterocycles. The quantitative estimate of drug-likeness (QED) is 0.713. The van der Waals surface area contributed by atoms with E-state index >= 15 is 0 Å². The third-order valence-electron chi connectivity index (χ3n) is 3.97. The molecule has 2 N–H and O–H groups in total. The molecular weight excluding hydrogens is 360 g/mol. The lowest BCUT2D eigenvalue weighted by molar-refractivity contribution is 0.0507. The van der Waals surface area contributed by atoms with Crippen LogP contribution in [0.3, 0.4) is 0 Å². The van der Waals surface area contributed by atoms with Gasteiger partial charge in [-0.3, -0.25) is 0 Å². The number of carbonyl (C=O) groups is 2. The Hall–Kier alpha value is -3.42. The molecule has 0 aliphatic rings. The summed E-state index contributed by atoms with van der Waals surface area (Å²) in [6.45, 7) is 7.23. The molecule has 0 bridgehead atoms. The van der Waals surface area contributed by atoms with Crippen LogP contribution in [0.25, 0.3) is 16.9 Å². The van der Waals surface area contributed by atoms with E-state index in [1.54, 1.807) is 45.2 Å². The monoisotopic (exact) mass is 382 g/mol. The van der Waals surface area contributed by atoms with Crippen LogP contribution >= 0.6 is 0 Å². The lowest BCUT2D eigenvalue weighted by atomic mass is 10.0. The second kappa shape index (κ2) is 7.30. The van der Waals surface area contributed by atoms with E-state index in [2.05, 4.69) is 15.4 Å². The summed E-state index contributed by atoms with van der Waals surface area (Å²) in [7, 11) is 0. The van der Waals surface area contributed by atoms with E-state index < -0.39 is 17.7 Å². The van der Waals surface area contributed by atoms with Crippen molar-refractivity contribution in [3.63, 3.8) is 0 Å². The molecule has 0 saturated carbocycles. The maximum absolute atomic E-state index is 12.0. The number of nitrogens with one attached hydrogen (secondary N) is 1. The Morgan fingerprint density at radius 2 is 1.96 bits per heavy atom. The summed E-state index contributed by atoms with van der Waals surface area (Å²) in [5, 5.41) is 16.6. The number of rotatable bonds is 4.